The first-order valence-corrected chi connectivity index (χ1v) is 9.55. The minimum Gasteiger partial charge on any atom is -0.422 e. The van der Waals surface area contributed by atoms with Crippen LogP contribution in [0.2, 0.25) is 0 Å². The summed E-state index contributed by atoms with van der Waals surface area (Å²) in [4.78, 5) is 13.1. The SMILES string of the molecule is O=c1oc2cc(N[C@@H]3C(O)OC(CO)[C@@H](O)C3O)ccc2cc1-c1cccs1. The van der Waals surface area contributed by atoms with Crippen molar-refractivity contribution < 1.29 is 29.6 Å². The van der Waals surface area contributed by atoms with Crippen molar-refractivity contribution in [2.45, 2.75) is 30.6 Å². The van der Waals surface area contributed by atoms with Gasteiger partial charge in [-0.05, 0) is 29.6 Å². The molecule has 9 heteroatoms. The van der Waals surface area contributed by atoms with Crippen LogP contribution in [0.25, 0.3) is 21.4 Å². The molecule has 0 aliphatic carbocycles. The zero-order chi connectivity index (χ0) is 19.8. The van der Waals surface area contributed by atoms with Crippen LogP contribution in [0.3, 0.4) is 0 Å². The molecular weight excluding hydrogens is 386 g/mol. The van der Waals surface area contributed by atoms with Crippen LogP contribution >= 0.6 is 11.3 Å². The van der Waals surface area contributed by atoms with E-state index in [0.29, 0.717) is 16.8 Å². The Morgan fingerprint density at radius 3 is 2.64 bits per heavy atom. The fraction of sp³-hybridized carbons (Fsp3) is 0.316. The van der Waals surface area contributed by atoms with Gasteiger partial charge in [-0.25, -0.2) is 4.79 Å². The Labute approximate surface area is 163 Å². The lowest BCUT2D eigenvalue weighted by Gasteiger charge is -2.40. The predicted molar refractivity (Wildman–Crippen MR) is 103 cm³/mol. The van der Waals surface area contributed by atoms with Crippen molar-refractivity contribution >= 4 is 28.0 Å². The zero-order valence-corrected chi connectivity index (χ0v) is 15.4. The van der Waals surface area contributed by atoms with E-state index in [4.69, 9.17) is 14.3 Å². The van der Waals surface area contributed by atoms with Crippen LogP contribution < -0.4 is 10.9 Å². The Balaban J connectivity index is 1.62. The first-order chi connectivity index (χ1) is 13.5. The summed E-state index contributed by atoms with van der Waals surface area (Å²) in [5, 5.41) is 44.9. The van der Waals surface area contributed by atoms with Crippen LogP contribution in [0, 0.1) is 0 Å². The summed E-state index contributed by atoms with van der Waals surface area (Å²) in [6.07, 6.45) is -5.25. The Bertz CT molecular complexity index is 1020. The number of thiophene rings is 1. The van der Waals surface area contributed by atoms with E-state index in [-0.39, 0.29) is 0 Å². The van der Waals surface area contributed by atoms with E-state index < -0.39 is 42.9 Å². The largest absolute Gasteiger partial charge is 0.422 e. The van der Waals surface area contributed by atoms with E-state index in [0.717, 1.165) is 10.3 Å². The molecule has 0 spiro atoms. The van der Waals surface area contributed by atoms with Crippen LogP contribution in [0.4, 0.5) is 5.69 Å². The summed E-state index contributed by atoms with van der Waals surface area (Å²) in [5.74, 6) is 0. The molecule has 0 amide bonds. The monoisotopic (exact) mass is 405 g/mol. The molecule has 5 N–H and O–H groups in total. The van der Waals surface area contributed by atoms with Crippen molar-refractivity contribution in [2.24, 2.45) is 0 Å². The second-order valence-corrected chi connectivity index (χ2v) is 7.52. The Morgan fingerprint density at radius 2 is 1.93 bits per heavy atom. The Morgan fingerprint density at radius 1 is 1.11 bits per heavy atom. The average Bonchev–Trinajstić information content (AvgIpc) is 3.22. The number of aliphatic hydroxyl groups excluding tert-OH is 4. The summed E-state index contributed by atoms with van der Waals surface area (Å²) in [7, 11) is 0. The third-order valence-electron chi connectivity index (χ3n) is 4.76. The molecule has 1 fully saturated rings. The van der Waals surface area contributed by atoms with Crippen LogP contribution in [-0.4, -0.2) is 57.7 Å². The summed E-state index contributed by atoms with van der Waals surface area (Å²) in [5.41, 5.74) is 0.813. The molecule has 1 aliphatic heterocycles. The molecular formula is C19H19NO7S. The highest BCUT2D eigenvalue weighted by Gasteiger charge is 2.43. The highest BCUT2D eigenvalue weighted by Crippen LogP contribution is 2.28. The van der Waals surface area contributed by atoms with Crippen molar-refractivity contribution in [1.29, 1.82) is 0 Å². The molecule has 28 heavy (non-hydrogen) atoms. The maximum absolute atomic E-state index is 12.3. The maximum atomic E-state index is 12.3. The first-order valence-electron chi connectivity index (χ1n) is 8.67. The molecule has 1 aromatic carbocycles. The van der Waals surface area contributed by atoms with Crippen molar-refractivity contribution in [3.05, 3.63) is 52.2 Å². The van der Waals surface area contributed by atoms with E-state index in [1.54, 1.807) is 24.3 Å². The molecule has 0 saturated carbocycles. The second-order valence-electron chi connectivity index (χ2n) is 6.58. The van der Waals surface area contributed by atoms with E-state index in [2.05, 4.69) is 5.32 Å². The molecule has 3 aromatic rings. The highest BCUT2D eigenvalue weighted by molar-refractivity contribution is 7.13. The van der Waals surface area contributed by atoms with Gasteiger partial charge >= 0.3 is 5.63 Å². The lowest BCUT2D eigenvalue weighted by molar-refractivity contribution is -0.245. The molecule has 3 unspecified atom stereocenters. The van der Waals surface area contributed by atoms with Crippen LogP contribution in [0.1, 0.15) is 0 Å². The van der Waals surface area contributed by atoms with E-state index in [1.807, 2.05) is 17.5 Å². The van der Waals surface area contributed by atoms with Gasteiger partial charge in [0.2, 0.25) is 0 Å². The first kappa shape index (κ1) is 19.1. The molecule has 4 rings (SSSR count). The van der Waals surface area contributed by atoms with Crippen LogP contribution in [0.5, 0.6) is 0 Å². The molecule has 5 atom stereocenters. The van der Waals surface area contributed by atoms with Crippen molar-refractivity contribution in [2.75, 3.05) is 11.9 Å². The number of hydrogen-bond acceptors (Lipinski definition) is 9. The zero-order valence-electron chi connectivity index (χ0n) is 14.6. The number of hydrogen-bond donors (Lipinski definition) is 5. The van der Waals surface area contributed by atoms with E-state index >= 15 is 0 Å². The summed E-state index contributed by atoms with van der Waals surface area (Å²) in [6.45, 7) is -0.532. The minimum absolute atomic E-state index is 0.338. The number of nitrogens with one attached hydrogen (secondary N) is 1. The molecule has 0 bridgehead atoms. The van der Waals surface area contributed by atoms with E-state index in [1.165, 1.54) is 11.3 Å². The van der Waals surface area contributed by atoms with Gasteiger partial charge < -0.3 is 34.9 Å². The van der Waals surface area contributed by atoms with Crippen molar-refractivity contribution in [3.8, 4) is 10.4 Å². The molecule has 1 saturated heterocycles. The number of ether oxygens (including phenoxy) is 1. The predicted octanol–water partition coefficient (Wildman–Crippen LogP) is 0.733. The van der Waals surface area contributed by atoms with Gasteiger partial charge in [0.15, 0.2) is 6.29 Å². The third kappa shape index (κ3) is 3.44. The number of rotatable bonds is 4. The van der Waals surface area contributed by atoms with Gasteiger partial charge in [0.1, 0.15) is 29.9 Å². The fourth-order valence-electron chi connectivity index (χ4n) is 3.25. The van der Waals surface area contributed by atoms with Gasteiger partial charge in [0.05, 0.1) is 12.2 Å². The highest BCUT2D eigenvalue weighted by atomic mass is 32.1. The molecule has 2 aromatic heterocycles. The quantitative estimate of drug-likeness (QED) is 0.402. The molecule has 148 valence electrons. The average molecular weight is 405 g/mol. The standard InChI is InChI=1S/C19H19NO7S/c21-8-13-16(22)17(23)15(19(25)27-13)20-10-4-3-9-6-11(14-2-1-5-28-14)18(24)26-12(9)7-10/h1-7,13,15-17,19-23,25H,8H2/t13?,15-,16+,17?,19?/m0/s1. The maximum Gasteiger partial charge on any atom is 0.345 e. The van der Waals surface area contributed by atoms with Crippen molar-refractivity contribution in [3.63, 3.8) is 0 Å². The number of fused-ring (bicyclic) bond motifs is 1. The van der Waals surface area contributed by atoms with Gasteiger partial charge in [-0.2, -0.15) is 0 Å². The minimum atomic E-state index is -1.44. The summed E-state index contributed by atoms with van der Waals surface area (Å²) >= 11 is 1.44. The third-order valence-corrected chi connectivity index (χ3v) is 5.66. The topological polar surface area (TPSA) is 132 Å². The van der Waals surface area contributed by atoms with Gasteiger partial charge in [-0.1, -0.05) is 6.07 Å². The molecule has 8 nitrogen and oxygen atoms in total. The van der Waals surface area contributed by atoms with Gasteiger partial charge in [0.25, 0.3) is 0 Å². The van der Waals surface area contributed by atoms with Gasteiger partial charge in [-0.3, -0.25) is 0 Å². The van der Waals surface area contributed by atoms with Crippen LogP contribution in [-0.2, 0) is 4.74 Å². The molecule has 0 radical (unpaired) electrons. The fourth-order valence-corrected chi connectivity index (χ4v) is 3.98. The van der Waals surface area contributed by atoms with Gasteiger partial charge in [0, 0.05) is 22.0 Å². The van der Waals surface area contributed by atoms with Crippen molar-refractivity contribution in [1.82, 2.24) is 0 Å². The number of anilines is 1. The Kier molecular flexibility index (Phi) is 5.19. The second kappa shape index (κ2) is 7.63. The van der Waals surface area contributed by atoms with Gasteiger partial charge in [-0.15, -0.1) is 11.3 Å². The molecule has 1 aliphatic rings. The number of aliphatic hydroxyl groups is 4. The lowest BCUT2D eigenvalue weighted by atomic mass is 9.97. The summed E-state index contributed by atoms with van der Waals surface area (Å²) < 4.78 is 10.6. The summed E-state index contributed by atoms with van der Waals surface area (Å²) in [6, 6.07) is 9.42. The number of benzene rings is 1. The van der Waals surface area contributed by atoms with Crippen LogP contribution in [0.15, 0.2) is 51.0 Å². The molecule has 3 heterocycles. The van der Waals surface area contributed by atoms with E-state index in [9.17, 15) is 20.1 Å². The normalized spacial score (nSPS) is 27.8. The Hall–Kier alpha value is -2.27. The smallest absolute Gasteiger partial charge is 0.345 e. The lowest BCUT2D eigenvalue weighted by Crippen LogP contribution is -2.61.